The number of esters is 2. The SMILES string of the molecule is C=C[C@H](OC(C)=O)c1ccc(C(=O)OC)cc1. The third-order valence-corrected chi connectivity index (χ3v) is 2.17. The molecular weight excluding hydrogens is 220 g/mol. The van der Waals surface area contributed by atoms with Crippen molar-refractivity contribution >= 4 is 11.9 Å². The van der Waals surface area contributed by atoms with Crippen LogP contribution in [-0.4, -0.2) is 19.0 Å². The molecule has 0 saturated carbocycles. The van der Waals surface area contributed by atoms with Crippen molar-refractivity contribution in [2.24, 2.45) is 0 Å². The van der Waals surface area contributed by atoms with Gasteiger partial charge in [0.1, 0.15) is 6.10 Å². The van der Waals surface area contributed by atoms with E-state index in [0.29, 0.717) is 5.56 Å². The molecule has 4 heteroatoms. The third kappa shape index (κ3) is 3.45. The molecule has 1 aromatic rings. The van der Waals surface area contributed by atoms with E-state index in [2.05, 4.69) is 11.3 Å². The van der Waals surface area contributed by atoms with Crippen molar-refractivity contribution < 1.29 is 19.1 Å². The molecule has 0 unspecified atom stereocenters. The first kappa shape index (κ1) is 13.0. The maximum atomic E-state index is 11.2. The number of ether oxygens (including phenoxy) is 2. The topological polar surface area (TPSA) is 52.6 Å². The van der Waals surface area contributed by atoms with Crippen LogP contribution < -0.4 is 0 Å². The molecule has 1 rings (SSSR count). The normalized spacial score (nSPS) is 11.4. The Bertz CT molecular complexity index is 420. The Morgan fingerprint density at radius 2 is 1.88 bits per heavy atom. The van der Waals surface area contributed by atoms with E-state index in [9.17, 15) is 9.59 Å². The molecule has 0 fully saturated rings. The highest BCUT2D eigenvalue weighted by atomic mass is 16.5. The zero-order valence-corrected chi connectivity index (χ0v) is 9.80. The Hall–Kier alpha value is -2.10. The van der Waals surface area contributed by atoms with Crippen molar-refractivity contribution in [3.05, 3.63) is 48.0 Å². The summed E-state index contributed by atoms with van der Waals surface area (Å²) >= 11 is 0. The fourth-order valence-corrected chi connectivity index (χ4v) is 1.36. The summed E-state index contributed by atoms with van der Waals surface area (Å²) in [4.78, 5) is 22.1. The van der Waals surface area contributed by atoms with Crippen molar-refractivity contribution in [1.29, 1.82) is 0 Å². The second-order valence-corrected chi connectivity index (χ2v) is 3.38. The van der Waals surface area contributed by atoms with E-state index < -0.39 is 12.1 Å². The number of carbonyl (C=O) groups is 2. The number of hydrogen-bond acceptors (Lipinski definition) is 4. The van der Waals surface area contributed by atoms with Gasteiger partial charge in [-0.15, -0.1) is 0 Å². The second-order valence-electron chi connectivity index (χ2n) is 3.38. The van der Waals surface area contributed by atoms with Crippen LogP contribution in [0, 0.1) is 0 Å². The van der Waals surface area contributed by atoms with Gasteiger partial charge >= 0.3 is 11.9 Å². The summed E-state index contributed by atoms with van der Waals surface area (Å²) in [6.07, 6.45) is 1.02. The molecular formula is C13H14O4. The lowest BCUT2D eigenvalue weighted by Gasteiger charge is -2.13. The zero-order chi connectivity index (χ0) is 12.8. The van der Waals surface area contributed by atoms with Gasteiger partial charge in [0.05, 0.1) is 12.7 Å². The summed E-state index contributed by atoms with van der Waals surface area (Å²) in [6.45, 7) is 4.93. The van der Waals surface area contributed by atoms with Gasteiger partial charge in [-0.2, -0.15) is 0 Å². The predicted octanol–water partition coefficient (Wildman–Crippen LogP) is 2.26. The standard InChI is InChI=1S/C13H14O4/c1-4-12(17-9(2)14)10-5-7-11(8-6-10)13(15)16-3/h4-8,12H,1H2,2-3H3/t12-/m0/s1. The van der Waals surface area contributed by atoms with Crippen LogP contribution in [0.4, 0.5) is 0 Å². The fraction of sp³-hybridized carbons (Fsp3) is 0.231. The first-order valence-corrected chi connectivity index (χ1v) is 5.06. The molecule has 0 saturated heterocycles. The highest BCUT2D eigenvalue weighted by Crippen LogP contribution is 2.19. The van der Waals surface area contributed by atoms with Crippen LogP contribution in [-0.2, 0) is 14.3 Å². The molecule has 0 aromatic heterocycles. The van der Waals surface area contributed by atoms with Crippen LogP contribution in [0.5, 0.6) is 0 Å². The summed E-state index contributed by atoms with van der Waals surface area (Å²) in [6, 6.07) is 6.62. The van der Waals surface area contributed by atoms with Gasteiger partial charge in [-0.1, -0.05) is 18.7 Å². The number of benzene rings is 1. The maximum absolute atomic E-state index is 11.2. The smallest absolute Gasteiger partial charge is 0.337 e. The van der Waals surface area contributed by atoms with E-state index in [-0.39, 0.29) is 5.97 Å². The Labute approximate surface area is 99.8 Å². The van der Waals surface area contributed by atoms with Gasteiger partial charge in [-0.25, -0.2) is 4.79 Å². The van der Waals surface area contributed by atoms with Crippen molar-refractivity contribution in [1.82, 2.24) is 0 Å². The Morgan fingerprint density at radius 1 is 1.29 bits per heavy atom. The molecule has 1 atom stereocenters. The first-order valence-electron chi connectivity index (χ1n) is 5.06. The minimum atomic E-state index is -0.501. The van der Waals surface area contributed by atoms with Crippen LogP contribution in [0.15, 0.2) is 36.9 Å². The van der Waals surface area contributed by atoms with Crippen LogP contribution in [0.2, 0.25) is 0 Å². The minimum absolute atomic E-state index is 0.382. The van der Waals surface area contributed by atoms with Gasteiger partial charge in [0.25, 0.3) is 0 Å². The average molecular weight is 234 g/mol. The van der Waals surface area contributed by atoms with E-state index >= 15 is 0 Å². The summed E-state index contributed by atoms with van der Waals surface area (Å²) in [5.74, 6) is -0.786. The molecule has 90 valence electrons. The Balaban J connectivity index is 2.88. The Morgan fingerprint density at radius 3 is 2.29 bits per heavy atom. The van der Waals surface area contributed by atoms with Gasteiger partial charge in [0.15, 0.2) is 0 Å². The summed E-state index contributed by atoms with van der Waals surface area (Å²) in [5, 5.41) is 0. The van der Waals surface area contributed by atoms with Crippen LogP contribution >= 0.6 is 0 Å². The molecule has 1 aromatic carbocycles. The van der Waals surface area contributed by atoms with Gasteiger partial charge in [-0.3, -0.25) is 4.79 Å². The molecule has 0 aliphatic carbocycles. The van der Waals surface area contributed by atoms with Gasteiger partial charge in [-0.05, 0) is 23.8 Å². The predicted molar refractivity (Wildman–Crippen MR) is 62.5 cm³/mol. The van der Waals surface area contributed by atoms with E-state index in [4.69, 9.17) is 4.74 Å². The molecule has 0 N–H and O–H groups in total. The second kappa shape index (κ2) is 5.84. The number of hydrogen-bond donors (Lipinski definition) is 0. The van der Waals surface area contributed by atoms with Gasteiger partial charge in [0.2, 0.25) is 0 Å². The van der Waals surface area contributed by atoms with Crippen LogP contribution in [0.25, 0.3) is 0 Å². The number of rotatable bonds is 4. The van der Waals surface area contributed by atoms with E-state index in [1.165, 1.54) is 20.1 Å². The molecule has 0 aliphatic heterocycles. The average Bonchev–Trinajstić information content (AvgIpc) is 2.35. The molecule has 4 nitrogen and oxygen atoms in total. The van der Waals surface area contributed by atoms with Gasteiger partial charge in [0, 0.05) is 6.92 Å². The Kier molecular flexibility index (Phi) is 4.46. The highest BCUT2D eigenvalue weighted by Gasteiger charge is 2.11. The van der Waals surface area contributed by atoms with Crippen LogP contribution in [0.1, 0.15) is 28.9 Å². The first-order chi connectivity index (χ1) is 8.08. The third-order valence-electron chi connectivity index (χ3n) is 2.17. The summed E-state index contributed by atoms with van der Waals surface area (Å²) in [7, 11) is 1.32. The number of methoxy groups -OCH3 is 1. The van der Waals surface area contributed by atoms with E-state index in [0.717, 1.165) is 5.56 Å². The highest BCUT2D eigenvalue weighted by molar-refractivity contribution is 5.89. The van der Waals surface area contributed by atoms with Crippen molar-refractivity contribution in [2.75, 3.05) is 7.11 Å². The fourth-order valence-electron chi connectivity index (χ4n) is 1.36. The summed E-state index contributed by atoms with van der Waals surface area (Å²) < 4.78 is 9.62. The van der Waals surface area contributed by atoms with Crippen molar-refractivity contribution in [3.8, 4) is 0 Å². The molecule has 0 bridgehead atoms. The molecule has 0 heterocycles. The monoisotopic (exact) mass is 234 g/mol. The number of carbonyl (C=O) groups excluding carboxylic acids is 2. The van der Waals surface area contributed by atoms with E-state index in [1.54, 1.807) is 24.3 Å². The lowest BCUT2D eigenvalue weighted by atomic mass is 10.1. The molecule has 17 heavy (non-hydrogen) atoms. The quantitative estimate of drug-likeness (QED) is 0.592. The largest absolute Gasteiger partial charge is 0.465 e. The summed E-state index contributed by atoms with van der Waals surface area (Å²) in [5.41, 5.74) is 1.20. The minimum Gasteiger partial charge on any atom is -0.465 e. The van der Waals surface area contributed by atoms with Crippen molar-refractivity contribution in [2.45, 2.75) is 13.0 Å². The van der Waals surface area contributed by atoms with Crippen molar-refractivity contribution in [3.63, 3.8) is 0 Å². The molecule has 0 spiro atoms. The maximum Gasteiger partial charge on any atom is 0.337 e. The lowest BCUT2D eigenvalue weighted by Crippen LogP contribution is -2.07. The lowest BCUT2D eigenvalue weighted by molar-refractivity contribution is -0.144. The zero-order valence-electron chi connectivity index (χ0n) is 9.80. The van der Waals surface area contributed by atoms with Gasteiger partial charge < -0.3 is 9.47 Å². The molecule has 0 amide bonds. The molecule has 0 aliphatic rings. The van der Waals surface area contributed by atoms with E-state index in [1.807, 2.05) is 0 Å². The molecule has 0 radical (unpaired) electrons. The van der Waals surface area contributed by atoms with Crippen LogP contribution in [0.3, 0.4) is 0 Å².